The summed E-state index contributed by atoms with van der Waals surface area (Å²) in [6, 6.07) is 13.5. The van der Waals surface area contributed by atoms with E-state index >= 15 is 0 Å². The molecule has 2 aromatic rings. The molecule has 0 fully saturated rings. The van der Waals surface area contributed by atoms with Gasteiger partial charge in [-0.15, -0.1) is 0 Å². The van der Waals surface area contributed by atoms with Gasteiger partial charge in [0.25, 0.3) is 0 Å². The first kappa shape index (κ1) is 11.5. The van der Waals surface area contributed by atoms with Gasteiger partial charge >= 0.3 is 0 Å². The Morgan fingerprint density at radius 3 is 2.50 bits per heavy atom. The van der Waals surface area contributed by atoms with Crippen molar-refractivity contribution < 1.29 is 8.42 Å². The van der Waals surface area contributed by atoms with Crippen molar-refractivity contribution in [3.63, 3.8) is 0 Å². The van der Waals surface area contributed by atoms with Crippen molar-refractivity contribution in [3.05, 3.63) is 42.5 Å². The van der Waals surface area contributed by atoms with E-state index in [0.717, 1.165) is 26.5 Å². The van der Waals surface area contributed by atoms with Gasteiger partial charge in [0.2, 0.25) is 8.87 Å². The lowest BCUT2D eigenvalue weighted by Crippen LogP contribution is -1.96. The maximum absolute atomic E-state index is 11.6. The molecule has 0 unspecified atom stereocenters. The van der Waals surface area contributed by atoms with Crippen LogP contribution >= 0.6 is 10.8 Å². The van der Waals surface area contributed by atoms with E-state index < -0.39 is 8.87 Å². The van der Waals surface area contributed by atoms with Crippen LogP contribution in [0.5, 0.6) is 0 Å². The fourth-order valence-corrected chi connectivity index (χ4v) is 3.88. The average molecular weight is 252 g/mol. The van der Waals surface area contributed by atoms with Crippen molar-refractivity contribution in [2.75, 3.05) is 5.75 Å². The molecular weight excluding hydrogens is 240 g/mol. The van der Waals surface area contributed by atoms with E-state index in [1.54, 1.807) is 6.92 Å². The van der Waals surface area contributed by atoms with Crippen molar-refractivity contribution in [3.8, 4) is 0 Å². The van der Waals surface area contributed by atoms with Crippen LogP contribution in [0.1, 0.15) is 6.92 Å². The highest BCUT2D eigenvalue weighted by Crippen LogP contribution is 2.31. The summed E-state index contributed by atoms with van der Waals surface area (Å²) in [6.07, 6.45) is 0. The van der Waals surface area contributed by atoms with Crippen LogP contribution in [-0.2, 0) is 8.87 Å². The molecule has 16 heavy (non-hydrogen) atoms. The van der Waals surface area contributed by atoms with Gasteiger partial charge in [0, 0.05) is 15.7 Å². The van der Waals surface area contributed by atoms with Crippen molar-refractivity contribution in [1.82, 2.24) is 0 Å². The molecule has 84 valence electrons. The second kappa shape index (κ2) is 4.47. The number of fused-ring (bicyclic) bond motifs is 1. The molecule has 0 saturated carbocycles. The number of hydrogen-bond acceptors (Lipinski definition) is 3. The third-order valence-electron chi connectivity index (χ3n) is 2.32. The molecule has 0 bridgehead atoms. The van der Waals surface area contributed by atoms with E-state index in [9.17, 15) is 8.42 Å². The predicted octanol–water partition coefficient (Wildman–Crippen LogP) is 3.28. The lowest BCUT2D eigenvalue weighted by atomic mass is 10.1. The Morgan fingerprint density at radius 1 is 1.06 bits per heavy atom. The SMILES string of the molecule is CCS(=O)(=O)Sc1cccc2ccccc12. The van der Waals surface area contributed by atoms with Gasteiger partial charge in [-0.1, -0.05) is 43.3 Å². The maximum atomic E-state index is 11.6. The van der Waals surface area contributed by atoms with E-state index in [1.165, 1.54) is 0 Å². The van der Waals surface area contributed by atoms with Gasteiger partial charge in [-0.05, 0) is 16.8 Å². The van der Waals surface area contributed by atoms with Gasteiger partial charge < -0.3 is 0 Å². The van der Waals surface area contributed by atoms with Crippen molar-refractivity contribution in [1.29, 1.82) is 0 Å². The van der Waals surface area contributed by atoms with E-state index in [2.05, 4.69) is 0 Å². The van der Waals surface area contributed by atoms with Gasteiger partial charge in [-0.2, -0.15) is 0 Å². The van der Waals surface area contributed by atoms with Crippen LogP contribution < -0.4 is 0 Å². The molecule has 0 radical (unpaired) electrons. The van der Waals surface area contributed by atoms with E-state index in [-0.39, 0.29) is 5.75 Å². The molecule has 0 aliphatic heterocycles. The Hall–Kier alpha value is -1.00. The lowest BCUT2D eigenvalue weighted by Gasteiger charge is -2.05. The smallest absolute Gasteiger partial charge is 0.205 e. The summed E-state index contributed by atoms with van der Waals surface area (Å²) in [7, 11) is -2.10. The first-order valence-electron chi connectivity index (χ1n) is 5.02. The van der Waals surface area contributed by atoms with Crippen LogP contribution in [-0.4, -0.2) is 14.2 Å². The lowest BCUT2D eigenvalue weighted by molar-refractivity contribution is 0.611. The van der Waals surface area contributed by atoms with Crippen LogP contribution in [0.25, 0.3) is 10.8 Å². The highest BCUT2D eigenvalue weighted by Gasteiger charge is 2.11. The third-order valence-corrected chi connectivity index (χ3v) is 5.82. The third kappa shape index (κ3) is 2.39. The quantitative estimate of drug-likeness (QED) is 0.786. The van der Waals surface area contributed by atoms with Gasteiger partial charge in [0.15, 0.2) is 0 Å². The highest BCUT2D eigenvalue weighted by molar-refractivity contribution is 8.72. The van der Waals surface area contributed by atoms with E-state index in [1.807, 2.05) is 42.5 Å². The van der Waals surface area contributed by atoms with Crippen LogP contribution in [0.3, 0.4) is 0 Å². The summed E-state index contributed by atoms with van der Waals surface area (Å²) >= 11 is 0. The predicted molar refractivity (Wildman–Crippen MR) is 69.3 cm³/mol. The van der Waals surface area contributed by atoms with Crippen LogP contribution in [0.2, 0.25) is 0 Å². The summed E-state index contributed by atoms with van der Waals surface area (Å²) in [6.45, 7) is 1.66. The minimum absolute atomic E-state index is 0.154. The monoisotopic (exact) mass is 252 g/mol. The Balaban J connectivity index is 2.53. The second-order valence-corrected chi connectivity index (χ2v) is 7.73. The largest absolute Gasteiger partial charge is 0.217 e. The van der Waals surface area contributed by atoms with Crippen molar-refractivity contribution in [2.45, 2.75) is 11.8 Å². The Labute approximate surface area is 99.0 Å². The normalized spacial score (nSPS) is 11.8. The maximum Gasteiger partial charge on any atom is 0.205 e. The Kier molecular flexibility index (Phi) is 3.21. The standard InChI is InChI=1S/C12H12O2S2/c1-2-16(13,14)15-12-9-5-7-10-6-3-4-8-11(10)12/h3-9H,2H2,1H3. The van der Waals surface area contributed by atoms with Crippen LogP contribution in [0.15, 0.2) is 47.4 Å². The zero-order chi connectivity index (χ0) is 11.6. The molecule has 0 N–H and O–H groups in total. The van der Waals surface area contributed by atoms with Gasteiger partial charge in [0.05, 0.1) is 5.75 Å². The molecule has 0 atom stereocenters. The van der Waals surface area contributed by atoms with Crippen LogP contribution in [0, 0.1) is 0 Å². The molecule has 4 heteroatoms. The fourth-order valence-electron chi connectivity index (χ4n) is 1.46. The first-order chi connectivity index (χ1) is 7.62. The first-order valence-corrected chi connectivity index (χ1v) is 8.01. The topological polar surface area (TPSA) is 34.1 Å². The van der Waals surface area contributed by atoms with E-state index in [4.69, 9.17) is 0 Å². The fraction of sp³-hybridized carbons (Fsp3) is 0.167. The molecule has 0 spiro atoms. The zero-order valence-electron chi connectivity index (χ0n) is 8.88. The molecule has 2 aromatic carbocycles. The summed E-state index contributed by atoms with van der Waals surface area (Å²) in [5.41, 5.74) is 0. The summed E-state index contributed by atoms with van der Waals surface area (Å²) in [4.78, 5) is 0.806. The van der Waals surface area contributed by atoms with Gasteiger partial charge in [0.1, 0.15) is 0 Å². The van der Waals surface area contributed by atoms with Crippen molar-refractivity contribution in [2.24, 2.45) is 0 Å². The molecular formula is C12H12O2S2. The summed E-state index contributed by atoms with van der Waals surface area (Å²) in [5.74, 6) is 0.154. The number of benzene rings is 2. The zero-order valence-corrected chi connectivity index (χ0v) is 10.5. The van der Waals surface area contributed by atoms with E-state index in [0.29, 0.717) is 0 Å². The minimum Gasteiger partial charge on any atom is -0.217 e. The Morgan fingerprint density at radius 2 is 1.75 bits per heavy atom. The summed E-state index contributed by atoms with van der Waals surface area (Å²) < 4.78 is 23.2. The minimum atomic E-state index is -3.05. The molecule has 0 aliphatic carbocycles. The molecule has 2 nitrogen and oxygen atoms in total. The number of hydrogen-bond donors (Lipinski definition) is 0. The molecule has 0 amide bonds. The second-order valence-electron chi connectivity index (χ2n) is 3.41. The number of rotatable bonds is 3. The molecule has 0 aliphatic rings. The highest BCUT2D eigenvalue weighted by atomic mass is 33.1. The molecule has 0 aromatic heterocycles. The molecule has 2 rings (SSSR count). The summed E-state index contributed by atoms with van der Waals surface area (Å²) in [5, 5.41) is 2.06. The Bertz CT molecular complexity index is 598. The van der Waals surface area contributed by atoms with Crippen LogP contribution in [0.4, 0.5) is 0 Å². The average Bonchev–Trinajstić information content (AvgIpc) is 2.29. The van der Waals surface area contributed by atoms with Gasteiger partial charge in [-0.3, -0.25) is 0 Å². The van der Waals surface area contributed by atoms with Gasteiger partial charge in [-0.25, -0.2) is 8.42 Å². The molecule has 0 saturated heterocycles. The molecule has 0 heterocycles. The van der Waals surface area contributed by atoms with Crippen molar-refractivity contribution >= 4 is 30.4 Å².